The average Bonchev–Trinajstić information content (AvgIpc) is 2.55. The van der Waals surface area contributed by atoms with Crippen molar-refractivity contribution < 1.29 is 0 Å². The van der Waals surface area contributed by atoms with Crippen LogP contribution in [0.3, 0.4) is 0 Å². The van der Waals surface area contributed by atoms with Crippen molar-refractivity contribution in [2.24, 2.45) is 0 Å². The van der Waals surface area contributed by atoms with E-state index in [-0.39, 0.29) is 0 Å². The van der Waals surface area contributed by atoms with E-state index in [4.69, 9.17) is 4.98 Å². The predicted molar refractivity (Wildman–Crippen MR) is 96.9 cm³/mol. The molecule has 0 amide bonds. The van der Waals surface area contributed by atoms with Gasteiger partial charge in [0.1, 0.15) is 0 Å². The molecule has 0 spiro atoms. The van der Waals surface area contributed by atoms with Gasteiger partial charge in [0.2, 0.25) is 0 Å². The zero-order valence-electron chi connectivity index (χ0n) is 14.1. The highest BCUT2D eigenvalue weighted by Gasteiger charge is 2.09. The number of aryl methyl sites for hydroxylation is 2. The SMILES string of the molecule is Cc1ccc(Cc2cc(C)nc(Cc3ccccc3)c2C)cc1. The number of rotatable bonds is 4. The first-order chi connectivity index (χ1) is 11.1. The Balaban J connectivity index is 1.90. The number of hydrogen-bond donors (Lipinski definition) is 0. The summed E-state index contributed by atoms with van der Waals surface area (Å²) in [4.78, 5) is 4.78. The lowest BCUT2D eigenvalue weighted by Crippen LogP contribution is -2.03. The van der Waals surface area contributed by atoms with Gasteiger partial charge in [0.05, 0.1) is 0 Å². The molecule has 1 heterocycles. The third-order valence-electron chi connectivity index (χ3n) is 4.34. The van der Waals surface area contributed by atoms with Gasteiger partial charge in [0.25, 0.3) is 0 Å². The normalized spacial score (nSPS) is 10.7. The van der Waals surface area contributed by atoms with Crippen LogP contribution in [0.25, 0.3) is 0 Å². The third kappa shape index (κ3) is 3.87. The lowest BCUT2D eigenvalue weighted by molar-refractivity contribution is 0.977. The molecule has 0 aliphatic heterocycles. The molecule has 0 radical (unpaired) electrons. The Morgan fingerprint density at radius 2 is 1.39 bits per heavy atom. The maximum absolute atomic E-state index is 4.78. The second-order valence-electron chi connectivity index (χ2n) is 6.32. The Labute approximate surface area is 139 Å². The van der Waals surface area contributed by atoms with Crippen molar-refractivity contribution in [3.63, 3.8) is 0 Å². The summed E-state index contributed by atoms with van der Waals surface area (Å²) < 4.78 is 0. The van der Waals surface area contributed by atoms with Gasteiger partial charge in [-0.25, -0.2) is 0 Å². The summed E-state index contributed by atoms with van der Waals surface area (Å²) in [6.45, 7) is 6.42. The molecule has 0 aliphatic rings. The molecule has 1 heteroatoms. The summed E-state index contributed by atoms with van der Waals surface area (Å²) in [6, 6.07) is 21.6. The van der Waals surface area contributed by atoms with Crippen LogP contribution in [0.2, 0.25) is 0 Å². The molecule has 0 bridgehead atoms. The van der Waals surface area contributed by atoms with E-state index in [9.17, 15) is 0 Å². The Hall–Kier alpha value is -2.41. The second-order valence-corrected chi connectivity index (χ2v) is 6.32. The van der Waals surface area contributed by atoms with Crippen molar-refractivity contribution in [1.82, 2.24) is 4.98 Å². The standard InChI is InChI=1S/C22H23N/c1-16-9-11-20(12-10-16)14-21-13-17(2)23-22(18(21)3)15-19-7-5-4-6-8-19/h4-13H,14-15H2,1-3H3. The van der Waals surface area contributed by atoms with Crippen LogP contribution in [0.1, 0.15) is 39.2 Å². The predicted octanol–water partition coefficient (Wildman–Crippen LogP) is 5.19. The molecule has 3 aromatic rings. The largest absolute Gasteiger partial charge is 0.258 e. The fourth-order valence-corrected chi connectivity index (χ4v) is 2.95. The number of aromatic nitrogens is 1. The molecule has 23 heavy (non-hydrogen) atoms. The van der Waals surface area contributed by atoms with Gasteiger partial charge in [-0.05, 0) is 55.5 Å². The topological polar surface area (TPSA) is 12.9 Å². The van der Waals surface area contributed by atoms with Crippen molar-refractivity contribution in [1.29, 1.82) is 0 Å². The van der Waals surface area contributed by atoms with Gasteiger partial charge in [0, 0.05) is 17.8 Å². The highest BCUT2D eigenvalue weighted by atomic mass is 14.7. The number of benzene rings is 2. The molecule has 0 saturated heterocycles. The van der Waals surface area contributed by atoms with Crippen molar-refractivity contribution in [2.45, 2.75) is 33.6 Å². The van der Waals surface area contributed by atoms with Crippen LogP contribution in [0, 0.1) is 20.8 Å². The van der Waals surface area contributed by atoms with E-state index < -0.39 is 0 Å². The minimum atomic E-state index is 0.898. The van der Waals surface area contributed by atoms with Crippen molar-refractivity contribution in [3.8, 4) is 0 Å². The van der Waals surface area contributed by atoms with Gasteiger partial charge < -0.3 is 0 Å². The summed E-state index contributed by atoms with van der Waals surface area (Å²) in [5.41, 5.74) is 8.97. The van der Waals surface area contributed by atoms with Crippen LogP contribution >= 0.6 is 0 Å². The smallest absolute Gasteiger partial charge is 0.0482 e. The Morgan fingerprint density at radius 1 is 0.739 bits per heavy atom. The number of pyridine rings is 1. The molecular formula is C22H23N. The highest BCUT2D eigenvalue weighted by Crippen LogP contribution is 2.20. The zero-order chi connectivity index (χ0) is 16.2. The quantitative estimate of drug-likeness (QED) is 0.646. The van der Waals surface area contributed by atoms with Gasteiger partial charge in [-0.3, -0.25) is 4.98 Å². The summed E-state index contributed by atoms with van der Waals surface area (Å²) >= 11 is 0. The first-order valence-corrected chi connectivity index (χ1v) is 8.17. The Kier molecular flexibility index (Phi) is 4.57. The van der Waals surface area contributed by atoms with E-state index in [1.54, 1.807) is 0 Å². The van der Waals surface area contributed by atoms with Gasteiger partial charge in [0.15, 0.2) is 0 Å². The van der Waals surface area contributed by atoms with E-state index in [0.29, 0.717) is 0 Å². The number of hydrogen-bond acceptors (Lipinski definition) is 1. The molecule has 0 unspecified atom stereocenters. The first kappa shape index (κ1) is 15.5. The van der Waals surface area contributed by atoms with Crippen molar-refractivity contribution in [3.05, 3.63) is 99.9 Å². The highest BCUT2D eigenvalue weighted by molar-refractivity contribution is 5.38. The van der Waals surface area contributed by atoms with Gasteiger partial charge in [-0.2, -0.15) is 0 Å². The molecular weight excluding hydrogens is 278 g/mol. The summed E-state index contributed by atoms with van der Waals surface area (Å²) in [6.07, 6.45) is 1.87. The fourth-order valence-electron chi connectivity index (χ4n) is 2.95. The molecule has 3 rings (SSSR count). The van der Waals surface area contributed by atoms with Crippen LogP contribution in [0.5, 0.6) is 0 Å². The Bertz CT molecular complexity index is 786. The molecule has 0 saturated carbocycles. The minimum Gasteiger partial charge on any atom is -0.258 e. The summed E-state index contributed by atoms with van der Waals surface area (Å²) in [5, 5.41) is 0. The van der Waals surface area contributed by atoms with Gasteiger partial charge in [-0.1, -0.05) is 60.2 Å². The number of nitrogens with zero attached hydrogens (tertiary/aromatic N) is 1. The van der Waals surface area contributed by atoms with Crippen molar-refractivity contribution in [2.75, 3.05) is 0 Å². The third-order valence-corrected chi connectivity index (χ3v) is 4.34. The Morgan fingerprint density at radius 3 is 2.09 bits per heavy atom. The maximum Gasteiger partial charge on any atom is 0.0482 e. The van der Waals surface area contributed by atoms with E-state index in [2.05, 4.69) is 81.4 Å². The monoisotopic (exact) mass is 301 g/mol. The van der Waals surface area contributed by atoms with Crippen LogP contribution in [0.15, 0.2) is 60.7 Å². The zero-order valence-corrected chi connectivity index (χ0v) is 14.1. The van der Waals surface area contributed by atoms with E-state index in [0.717, 1.165) is 18.5 Å². The van der Waals surface area contributed by atoms with Gasteiger partial charge in [-0.15, -0.1) is 0 Å². The molecule has 1 aromatic heterocycles. The van der Waals surface area contributed by atoms with Crippen LogP contribution in [-0.4, -0.2) is 4.98 Å². The molecule has 2 aromatic carbocycles. The second kappa shape index (κ2) is 6.78. The van der Waals surface area contributed by atoms with Crippen molar-refractivity contribution >= 4 is 0 Å². The molecule has 116 valence electrons. The lowest BCUT2D eigenvalue weighted by atomic mass is 9.96. The van der Waals surface area contributed by atoms with Crippen LogP contribution in [0.4, 0.5) is 0 Å². The molecule has 0 N–H and O–H groups in total. The average molecular weight is 301 g/mol. The minimum absolute atomic E-state index is 0.898. The fraction of sp³-hybridized carbons (Fsp3) is 0.227. The van der Waals surface area contributed by atoms with E-state index in [1.807, 2.05) is 0 Å². The van der Waals surface area contributed by atoms with E-state index in [1.165, 1.54) is 33.5 Å². The molecule has 0 fully saturated rings. The maximum atomic E-state index is 4.78. The summed E-state index contributed by atoms with van der Waals surface area (Å²) in [7, 11) is 0. The molecule has 1 nitrogen and oxygen atoms in total. The van der Waals surface area contributed by atoms with Crippen LogP contribution in [-0.2, 0) is 12.8 Å². The lowest BCUT2D eigenvalue weighted by Gasteiger charge is -2.13. The first-order valence-electron chi connectivity index (χ1n) is 8.17. The summed E-state index contributed by atoms with van der Waals surface area (Å²) in [5.74, 6) is 0. The molecule has 0 aliphatic carbocycles. The van der Waals surface area contributed by atoms with Gasteiger partial charge >= 0.3 is 0 Å². The van der Waals surface area contributed by atoms with E-state index >= 15 is 0 Å². The van der Waals surface area contributed by atoms with Crippen LogP contribution < -0.4 is 0 Å². The molecule has 0 atom stereocenters.